The molecule has 1 aliphatic heterocycles. The molecule has 1 aliphatic rings. The number of nitrogens with one attached hydrogen (secondary N) is 1. The number of hydrogen-bond acceptors (Lipinski definition) is 4. The van der Waals surface area contributed by atoms with Crippen LogP contribution in [0.1, 0.15) is 11.1 Å². The summed E-state index contributed by atoms with van der Waals surface area (Å²) in [5.41, 5.74) is -1.57. The Morgan fingerprint density at radius 2 is 2.10 bits per heavy atom. The van der Waals surface area contributed by atoms with Crippen molar-refractivity contribution in [1.82, 2.24) is 0 Å². The first-order valence-electron chi connectivity index (χ1n) is 5.94. The van der Waals surface area contributed by atoms with Crippen molar-refractivity contribution in [3.05, 3.63) is 29.3 Å². The van der Waals surface area contributed by atoms with E-state index in [-0.39, 0.29) is 24.4 Å². The quantitative estimate of drug-likeness (QED) is 0.888. The monoisotopic (exact) mass is 286 g/mol. The van der Waals surface area contributed by atoms with Crippen LogP contribution in [0, 0.1) is 16.7 Å². The van der Waals surface area contributed by atoms with Crippen LogP contribution in [0.2, 0.25) is 0 Å². The van der Waals surface area contributed by atoms with Crippen LogP contribution in [0.25, 0.3) is 0 Å². The van der Waals surface area contributed by atoms with Gasteiger partial charge in [0.1, 0.15) is 0 Å². The highest BCUT2D eigenvalue weighted by Gasteiger charge is 2.39. The lowest BCUT2D eigenvalue weighted by molar-refractivity contribution is -0.137. The maximum absolute atomic E-state index is 12.9. The molecule has 1 heterocycles. The Balaban J connectivity index is 2.21. The molecule has 0 atom stereocenters. The van der Waals surface area contributed by atoms with E-state index in [1.807, 2.05) is 0 Å². The molecule has 0 radical (unpaired) electrons. The normalized spacial score (nSPS) is 17.1. The first-order chi connectivity index (χ1) is 9.40. The van der Waals surface area contributed by atoms with E-state index < -0.39 is 17.2 Å². The number of nitriles is 1. The molecule has 2 rings (SSSR count). The molecule has 0 saturated carbocycles. The van der Waals surface area contributed by atoms with E-state index in [9.17, 15) is 18.3 Å². The summed E-state index contributed by atoms with van der Waals surface area (Å²) in [6, 6.07) is 5.04. The van der Waals surface area contributed by atoms with Crippen molar-refractivity contribution in [2.45, 2.75) is 6.18 Å². The summed E-state index contributed by atoms with van der Waals surface area (Å²) in [5.74, 6) is 0. The van der Waals surface area contributed by atoms with Crippen LogP contribution in [-0.2, 0) is 10.9 Å². The molecule has 0 aliphatic carbocycles. The molecule has 0 bridgehead atoms. The van der Waals surface area contributed by atoms with E-state index in [0.29, 0.717) is 13.2 Å². The van der Waals surface area contributed by atoms with Gasteiger partial charge in [-0.1, -0.05) is 0 Å². The van der Waals surface area contributed by atoms with Gasteiger partial charge in [-0.3, -0.25) is 0 Å². The maximum Gasteiger partial charge on any atom is 0.418 e. The fraction of sp³-hybridized carbons (Fsp3) is 0.462. The lowest BCUT2D eigenvalue weighted by atomic mass is 9.87. The van der Waals surface area contributed by atoms with E-state index >= 15 is 0 Å². The molecule has 7 heteroatoms. The number of hydrogen-bond donors (Lipinski definition) is 2. The average Bonchev–Trinajstić information content (AvgIpc) is 2.37. The van der Waals surface area contributed by atoms with E-state index in [0.717, 1.165) is 6.07 Å². The van der Waals surface area contributed by atoms with Gasteiger partial charge in [-0.15, -0.1) is 0 Å². The highest BCUT2D eigenvalue weighted by atomic mass is 19.4. The van der Waals surface area contributed by atoms with Crippen LogP contribution in [0.4, 0.5) is 18.9 Å². The maximum atomic E-state index is 12.9. The summed E-state index contributed by atoms with van der Waals surface area (Å²) >= 11 is 0. The van der Waals surface area contributed by atoms with Gasteiger partial charge in [0, 0.05) is 12.2 Å². The zero-order valence-corrected chi connectivity index (χ0v) is 10.5. The SMILES string of the molecule is N#Cc1ccc(NCC2(CO)COC2)c(C(F)(F)F)c1. The van der Waals surface area contributed by atoms with E-state index in [4.69, 9.17) is 10.00 Å². The highest BCUT2D eigenvalue weighted by molar-refractivity contribution is 5.56. The standard InChI is InChI=1S/C13H13F3N2O2/c14-13(15,16)10-3-9(4-17)1-2-11(10)18-5-12(6-19)7-20-8-12/h1-3,18-19H,5-8H2. The number of aliphatic hydroxyl groups excluding tert-OH is 1. The van der Waals surface area contributed by atoms with Crippen molar-refractivity contribution >= 4 is 5.69 Å². The second-order valence-corrected chi connectivity index (χ2v) is 4.87. The lowest BCUT2D eigenvalue weighted by Crippen LogP contribution is -2.50. The second-order valence-electron chi connectivity index (χ2n) is 4.87. The van der Waals surface area contributed by atoms with Crippen molar-refractivity contribution in [2.75, 3.05) is 31.7 Å². The molecule has 1 fully saturated rings. The molecule has 0 spiro atoms. The number of halogens is 3. The molecular weight excluding hydrogens is 273 g/mol. The molecule has 0 unspecified atom stereocenters. The number of anilines is 1. The Morgan fingerprint density at radius 3 is 2.55 bits per heavy atom. The number of ether oxygens (including phenoxy) is 1. The van der Waals surface area contributed by atoms with Gasteiger partial charge in [0.05, 0.1) is 42.4 Å². The Morgan fingerprint density at radius 1 is 1.40 bits per heavy atom. The van der Waals surface area contributed by atoms with Crippen LogP contribution < -0.4 is 5.32 Å². The largest absolute Gasteiger partial charge is 0.418 e. The number of nitrogens with zero attached hydrogens (tertiary/aromatic N) is 1. The zero-order valence-electron chi connectivity index (χ0n) is 10.5. The first-order valence-corrected chi connectivity index (χ1v) is 5.94. The van der Waals surface area contributed by atoms with Gasteiger partial charge in [-0.2, -0.15) is 18.4 Å². The van der Waals surface area contributed by atoms with Gasteiger partial charge in [0.25, 0.3) is 0 Å². The van der Waals surface area contributed by atoms with Gasteiger partial charge in [0.2, 0.25) is 0 Å². The minimum absolute atomic E-state index is 0.0493. The van der Waals surface area contributed by atoms with Crippen molar-refractivity contribution in [1.29, 1.82) is 5.26 Å². The summed E-state index contributed by atoms with van der Waals surface area (Å²) in [6.45, 7) is 0.651. The lowest BCUT2D eigenvalue weighted by Gasteiger charge is -2.40. The van der Waals surface area contributed by atoms with Gasteiger partial charge < -0.3 is 15.2 Å². The van der Waals surface area contributed by atoms with Crippen LogP contribution >= 0.6 is 0 Å². The average molecular weight is 286 g/mol. The minimum Gasteiger partial charge on any atom is -0.396 e. The molecule has 2 N–H and O–H groups in total. The predicted octanol–water partition coefficient (Wildman–Crippen LogP) is 2.00. The van der Waals surface area contributed by atoms with Crippen molar-refractivity contribution in [3.63, 3.8) is 0 Å². The van der Waals surface area contributed by atoms with E-state index in [2.05, 4.69) is 5.32 Å². The molecule has 20 heavy (non-hydrogen) atoms. The van der Waals surface area contributed by atoms with Crippen molar-refractivity contribution in [3.8, 4) is 6.07 Å². The minimum atomic E-state index is -4.54. The summed E-state index contributed by atoms with van der Waals surface area (Å²) in [4.78, 5) is 0. The van der Waals surface area contributed by atoms with Crippen LogP contribution in [0.5, 0.6) is 0 Å². The predicted molar refractivity (Wildman–Crippen MR) is 65.0 cm³/mol. The van der Waals surface area contributed by atoms with Gasteiger partial charge in [0.15, 0.2) is 0 Å². The van der Waals surface area contributed by atoms with E-state index in [1.165, 1.54) is 12.1 Å². The Kier molecular flexibility index (Phi) is 3.88. The Hall–Kier alpha value is -1.78. The van der Waals surface area contributed by atoms with Crippen molar-refractivity contribution in [2.24, 2.45) is 5.41 Å². The first kappa shape index (κ1) is 14.6. The van der Waals surface area contributed by atoms with Crippen LogP contribution in [0.3, 0.4) is 0 Å². The summed E-state index contributed by atoms with van der Waals surface area (Å²) in [5, 5.41) is 20.6. The third kappa shape index (κ3) is 2.86. The summed E-state index contributed by atoms with van der Waals surface area (Å²) in [7, 11) is 0. The fourth-order valence-corrected chi connectivity index (χ4v) is 1.93. The van der Waals surface area contributed by atoms with Gasteiger partial charge in [-0.25, -0.2) is 0 Å². The topological polar surface area (TPSA) is 65.3 Å². The third-order valence-electron chi connectivity index (χ3n) is 3.26. The molecule has 1 aromatic carbocycles. The number of benzene rings is 1. The fourth-order valence-electron chi connectivity index (χ4n) is 1.93. The molecule has 0 amide bonds. The molecule has 1 aromatic rings. The number of rotatable bonds is 4. The highest BCUT2D eigenvalue weighted by Crippen LogP contribution is 2.36. The Bertz CT molecular complexity index is 528. The van der Waals surface area contributed by atoms with Gasteiger partial charge in [-0.05, 0) is 18.2 Å². The molecule has 1 saturated heterocycles. The van der Waals surface area contributed by atoms with Crippen LogP contribution in [-0.4, -0.2) is 31.5 Å². The molecule has 108 valence electrons. The summed E-state index contributed by atoms with van der Waals surface area (Å²) < 4.78 is 43.8. The van der Waals surface area contributed by atoms with Gasteiger partial charge >= 0.3 is 6.18 Å². The zero-order chi connectivity index (χ0) is 14.8. The van der Waals surface area contributed by atoms with Crippen molar-refractivity contribution < 1.29 is 23.0 Å². The smallest absolute Gasteiger partial charge is 0.396 e. The molecule has 0 aromatic heterocycles. The second kappa shape index (κ2) is 5.31. The molecular formula is C13H13F3N2O2. The van der Waals surface area contributed by atoms with Crippen LogP contribution in [0.15, 0.2) is 18.2 Å². The third-order valence-corrected chi connectivity index (χ3v) is 3.26. The number of alkyl halides is 3. The molecule has 4 nitrogen and oxygen atoms in total. The van der Waals surface area contributed by atoms with E-state index in [1.54, 1.807) is 6.07 Å². The Labute approximate surface area is 113 Å². The number of aliphatic hydroxyl groups is 1. The summed E-state index contributed by atoms with van der Waals surface area (Å²) in [6.07, 6.45) is -4.54.